The number of rotatable bonds is 7. The van der Waals surface area contributed by atoms with Crippen LogP contribution in [-0.4, -0.2) is 46.8 Å². The molecule has 0 aliphatic carbocycles. The zero-order valence-electron chi connectivity index (χ0n) is 11.8. The van der Waals surface area contributed by atoms with E-state index >= 15 is 0 Å². The number of aliphatic carboxylic acids is 1. The minimum absolute atomic E-state index is 0.147. The van der Waals surface area contributed by atoms with Crippen LogP contribution in [0.25, 0.3) is 0 Å². The Bertz CT molecular complexity index is 490. The standard InChI is InChI=1S/C14H19ClN2O4/c1-2-7-17(8-9-18)14(21)16-12(13(19)20)10-5-3-4-6-11(10)15/h3-6,12,18H,2,7-9H2,1H3,(H,16,21)(H,19,20)/t12-/m1/s1. The summed E-state index contributed by atoms with van der Waals surface area (Å²) < 4.78 is 0. The first-order chi connectivity index (χ1) is 10.0. The normalized spacial score (nSPS) is 11.8. The second kappa shape index (κ2) is 8.49. The summed E-state index contributed by atoms with van der Waals surface area (Å²) in [5.74, 6) is -1.20. The van der Waals surface area contributed by atoms with Gasteiger partial charge in [0.15, 0.2) is 6.04 Å². The summed E-state index contributed by atoms with van der Waals surface area (Å²) in [5.41, 5.74) is 0.320. The Kier molecular flexibility index (Phi) is 6.98. The molecule has 0 radical (unpaired) electrons. The maximum absolute atomic E-state index is 12.1. The van der Waals surface area contributed by atoms with Gasteiger partial charge in [0.05, 0.1) is 6.61 Å². The van der Waals surface area contributed by atoms with Crippen LogP contribution in [0.15, 0.2) is 24.3 Å². The number of nitrogens with zero attached hydrogens (tertiary/aromatic N) is 1. The van der Waals surface area contributed by atoms with Crippen molar-refractivity contribution in [2.45, 2.75) is 19.4 Å². The fraction of sp³-hybridized carbons (Fsp3) is 0.429. The summed E-state index contributed by atoms with van der Waals surface area (Å²) in [6.45, 7) is 2.29. The van der Waals surface area contributed by atoms with E-state index in [0.717, 1.165) is 0 Å². The number of carboxylic acids is 1. The first-order valence-electron chi connectivity index (χ1n) is 6.64. The van der Waals surface area contributed by atoms with Crippen molar-refractivity contribution in [3.05, 3.63) is 34.9 Å². The molecule has 0 unspecified atom stereocenters. The molecule has 3 N–H and O–H groups in total. The highest BCUT2D eigenvalue weighted by Crippen LogP contribution is 2.23. The van der Waals surface area contributed by atoms with Crippen LogP contribution in [0.5, 0.6) is 0 Å². The second-order valence-electron chi connectivity index (χ2n) is 4.45. The predicted octanol–water partition coefficient (Wildman–Crippen LogP) is 1.88. The van der Waals surface area contributed by atoms with E-state index in [2.05, 4.69) is 5.32 Å². The van der Waals surface area contributed by atoms with Crippen LogP contribution in [-0.2, 0) is 4.79 Å². The summed E-state index contributed by atoms with van der Waals surface area (Å²) in [6.07, 6.45) is 0.706. The Hall–Kier alpha value is -1.79. The van der Waals surface area contributed by atoms with Crippen LogP contribution in [0, 0.1) is 0 Å². The molecule has 0 saturated carbocycles. The average molecular weight is 315 g/mol. The Balaban J connectivity index is 2.91. The van der Waals surface area contributed by atoms with Crippen molar-refractivity contribution in [2.75, 3.05) is 19.7 Å². The maximum atomic E-state index is 12.1. The van der Waals surface area contributed by atoms with Crippen molar-refractivity contribution < 1.29 is 19.8 Å². The zero-order chi connectivity index (χ0) is 15.8. The topological polar surface area (TPSA) is 89.9 Å². The third-order valence-corrected chi connectivity index (χ3v) is 3.23. The Labute approximate surface area is 128 Å². The second-order valence-corrected chi connectivity index (χ2v) is 4.86. The largest absolute Gasteiger partial charge is 0.479 e. The molecule has 0 aliphatic rings. The number of aliphatic hydroxyl groups is 1. The first-order valence-corrected chi connectivity index (χ1v) is 7.02. The molecule has 0 fully saturated rings. The molecule has 116 valence electrons. The number of urea groups is 1. The number of aliphatic hydroxyl groups excluding tert-OH is 1. The Morgan fingerprint density at radius 2 is 2.00 bits per heavy atom. The van der Waals surface area contributed by atoms with E-state index in [1.54, 1.807) is 24.3 Å². The van der Waals surface area contributed by atoms with Gasteiger partial charge >= 0.3 is 12.0 Å². The van der Waals surface area contributed by atoms with Crippen molar-refractivity contribution in [3.63, 3.8) is 0 Å². The van der Waals surface area contributed by atoms with Crippen LogP contribution >= 0.6 is 11.6 Å². The molecule has 21 heavy (non-hydrogen) atoms. The minimum atomic E-state index is -1.23. The fourth-order valence-corrected chi connectivity index (χ4v) is 2.15. The highest BCUT2D eigenvalue weighted by atomic mass is 35.5. The number of carboxylic acid groups (broad SMARTS) is 1. The lowest BCUT2D eigenvalue weighted by Crippen LogP contribution is -2.45. The highest BCUT2D eigenvalue weighted by Gasteiger charge is 2.26. The van der Waals surface area contributed by atoms with E-state index in [-0.39, 0.29) is 18.2 Å². The van der Waals surface area contributed by atoms with Crippen molar-refractivity contribution in [1.82, 2.24) is 10.2 Å². The third-order valence-electron chi connectivity index (χ3n) is 2.88. The van der Waals surface area contributed by atoms with Gasteiger partial charge < -0.3 is 20.4 Å². The average Bonchev–Trinajstić information content (AvgIpc) is 2.45. The molecule has 7 heteroatoms. The lowest BCUT2D eigenvalue weighted by molar-refractivity contribution is -0.139. The molecule has 0 spiro atoms. The van der Waals surface area contributed by atoms with E-state index in [1.807, 2.05) is 6.92 Å². The minimum Gasteiger partial charge on any atom is -0.479 e. The van der Waals surface area contributed by atoms with Crippen LogP contribution in [0.4, 0.5) is 4.79 Å². The molecule has 1 atom stereocenters. The summed E-state index contributed by atoms with van der Waals surface area (Å²) in [6, 6.07) is 4.68. The van der Waals surface area contributed by atoms with Gasteiger partial charge in [0.1, 0.15) is 0 Å². The van der Waals surface area contributed by atoms with Gasteiger partial charge in [-0.05, 0) is 12.5 Å². The molecule has 1 aromatic carbocycles. The number of nitrogens with one attached hydrogen (secondary N) is 1. The zero-order valence-corrected chi connectivity index (χ0v) is 12.5. The Morgan fingerprint density at radius 1 is 1.33 bits per heavy atom. The van der Waals surface area contributed by atoms with E-state index in [4.69, 9.17) is 16.7 Å². The monoisotopic (exact) mass is 314 g/mol. The number of hydrogen-bond donors (Lipinski definition) is 3. The van der Waals surface area contributed by atoms with Crippen molar-refractivity contribution in [2.24, 2.45) is 0 Å². The van der Waals surface area contributed by atoms with Crippen LogP contribution in [0.3, 0.4) is 0 Å². The molecule has 0 aromatic heterocycles. The molecule has 0 aliphatic heterocycles. The molecule has 0 saturated heterocycles. The van der Waals surface area contributed by atoms with Gasteiger partial charge in [-0.3, -0.25) is 0 Å². The van der Waals surface area contributed by atoms with Crippen LogP contribution < -0.4 is 5.32 Å². The number of hydrogen-bond acceptors (Lipinski definition) is 3. The van der Waals surface area contributed by atoms with Crippen molar-refractivity contribution >= 4 is 23.6 Å². The Morgan fingerprint density at radius 3 is 2.52 bits per heavy atom. The predicted molar refractivity (Wildman–Crippen MR) is 79.3 cm³/mol. The molecular formula is C14H19ClN2O4. The smallest absolute Gasteiger partial charge is 0.331 e. The van der Waals surface area contributed by atoms with E-state index in [9.17, 15) is 14.7 Å². The molecule has 2 amide bonds. The van der Waals surface area contributed by atoms with Gasteiger partial charge in [0, 0.05) is 23.7 Å². The molecular weight excluding hydrogens is 296 g/mol. The van der Waals surface area contributed by atoms with Crippen molar-refractivity contribution in [3.8, 4) is 0 Å². The number of halogens is 1. The molecule has 6 nitrogen and oxygen atoms in total. The van der Waals surface area contributed by atoms with Crippen LogP contribution in [0.2, 0.25) is 5.02 Å². The first kappa shape index (κ1) is 17.3. The highest BCUT2D eigenvalue weighted by molar-refractivity contribution is 6.31. The van der Waals surface area contributed by atoms with E-state index < -0.39 is 18.0 Å². The third kappa shape index (κ3) is 4.91. The number of amides is 2. The van der Waals surface area contributed by atoms with E-state index in [1.165, 1.54) is 4.90 Å². The summed E-state index contributed by atoms with van der Waals surface area (Å²) >= 11 is 5.98. The number of carbonyl (C=O) groups excluding carboxylic acids is 1. The van der Waals surface area contributed by atoms with Gasteiger partial charge in [0.2, 0.25) is 0 Å². The summed E-state index contributed by atoms with van der Waals surface area (Å²) in [4.78, 5) is 24.9. The van der Waals surface area contributed by atoms with Gasteiger partial charge in [-0.25, -0.2) is 9.59 Å². The maximum Gasteiger partial charge on any atom is 0.331 e. The van der Waals surface area contributed by atoms with Gasteiger partial charge in [-0.2, -0.15) is 0 Å². The fourth-order valence-electron chi connectivity index (χ4n) is 1.90. The lowest BCUT2D eigenvalue weighted by Gasteiger charge is -2.24. The summed E-state index contributed by atoms with van der Waals surface area (Å²) in [5, 5.41) is 21.0. The van der Waals surface area contributed by atoms with E-state index in [0.29, 0.717) is 18.5 Å². The van der Waals surface area contributed by atoms with Gasteiger partial charge in [-0.15, -0.1) is 0 Å². The van der Waals surface area contributed by atoms with Crippen LogP contribution in [0.1, 0.15) is 24.9 Å². The molecule has 1 rings (SSSR count). The lowest BCUT2D eigenvalue weighted by atomic mass is 10.1. The summed E-state index contributed by atoms with van der Waals surface area (Å²) in [7, 11) is 0. The number of carbonyl (C=O) groups is 2. The quantitative estimate of drug-likeness (QED) is 0.717. The van der Waals surface area contributed by atoms with Gasteiger partial charge in [0.25, 0.3) is 0 Å². The SMILES string of the molecule is CCCN(CCO)C(=O)N[C@@H](C(=O)O)c1ccccc1Cl. The van der Waals surface area contributed by atoms with Crippen molar-refractivity contribution in [1.29, 1.82) is 0 Å². The van der Waals surface area contributed by atoms with Gasteiger partial charge in [-0.1, -0.05) is 36.7 Å². The molecule has 0 heterocycles. The number of benzene rings is 1. The molecule has 0 bridgehead atoms. The molecule has 1 aromatic rings.